The zero-order valence-electron chi connectivity index (χ0n) is 20.0. The molecule has 0 saturated carbocycles. The number of carbonyl (C=O) groups excluding carboxylic acids is 1. The van der Waals surface area contributed by atoms with Crippen molar-refractivity contribution in [1.29, 1.82) is 0 Å². The molecule has 5 aromatic rings. The van der Waals surface area contributed by atoms with E-state index in [9.17, 15) is 4.79 Å². The standard InChI is InChI=1S/C22H19NO2.C9H8N2/c1-15-7-6-8-16(13-15)23-22(24)25-14-21-19-11-4-2-9-17(19)18-10-3-5-12-20(18)21;10-8-5-1-3-7-4-2-6-11-9(7)8/h2-13,21H,14H2,1H3,(H,23,24);1-6H,10H2. The van der Waals surface area contributed by atoms with E-state index in [1.165, 1.54) is 22.3 Å². The Labute approximate surface area is 210 Å². The highest BCUT2D eigenvalue weighted by molar-refractivity contribution is 5.88. The molecule has 0 radical (unpaired) electrons. The van der Waals surface area contributed by atoms with E-state index >= 15 is 0 Å². The summed E-state index contributed by atoms with van der Waals surface area (Å²) >= 11 is 0. The summed E-state index contributed by atoms with van der Waals surface area (Å²) in [5.74, 6) is 0.0793. The molecule has 0 atom stereocenters. The van der Waals surface area contributed by atoms with E-state index in [1.807, 2.05) is 85.8 Å². The van der Waals surface area contributed by atoms with E-state index in [0.717, 1.165) is 27.8 Å². The first kappa shape index (κ1) is 23.1. The summed E-state index contributed by atoms with van der Waals surface area (Å²) in [5, 5.41) is 3.88. The normalized spacial score (nSPS) is 11.7. The number of nitrogens with one attached hydrogen (secondary N) is 1. The molecule has 0 saturated heterocycles. The van der Waals surface area contributed by atoms with Crippen LogP contribution < -0.4 is 11.1 Å². The largest absolute Gasteiger partial charge is 0.448 e. The molecule has 0 bridgehead atoms. The highest BCUT2D eigenvalue weighted by Gasteiger charge is 2.28. The summed E-state index contributed by atoms with van der Waals surface area (Å²) in [6.07, 6.45) is 1.33. The maximum absolute atomic E-state index is 12.2. The maximum atomic E-state index is 12.2. The van der Waals surface area contributed by atoms with Crippen molar-refractivity contribution in [2.24, 2.45) is 0 Å². The molecule has 0 fully saturated rings. The predicted octanol–water partition coefficient (Wildman–Crippen LogP) is 7.17. The van der Waals surface area contributed by atoms with Crippen LogP contribution in [0.4, 0.5) is 16.2 Å². The summed E-state index contributed by atoms with van der Waals surface area (Å²) in [4.78, 5) is 16.3. The van der Waals surface area contributed by atoms with Crippen LogP contribution in [-0.2, 0) is 4.74 Å². The average Bonchev–Trinajstić information content (AvgIpc) is 3.22. The van der Waals surface area contributed by atoms with E-state index in [-0.39, 0.29) is 5.92 Å². The number of para-hydroxylation sites is 1. The zero-order valence-corrected chi connectivity index (χ0v) is 20.0. The first-order chi connectivity index (χ1) is 17.6. The second-order valence-corrected chi connectivity index (χ2v) is 8.74. The van der Waals surface area contributed by atoms with E-state index in [4.69, 9.17) is 10.5 Å². The van der Waals surface area contributed by atoms with Crippen LogP contribution >= 0.6 is 0 Å². The lowest BCUT2D eigenvalue weighted by Gasteiger charge is -2.14. The molecule has 178 valence electrons. The number of aromatic nitrogens is 1. The fraction of sp³-hybridized carbons (Fsp3) is 0.0968. The topological polar surface area (TPSA) is 77.2 Å². The van der Waals surface area contributed by atoms with Gasteiger partial charge in [0.15, 0.2) is 0 Å². The minimum atomic E-state index is -0.424. The number of pyridine rings is 1. The Morgan fingerprint density at radius 3 is 2.22 bits per heavy atom. The van der Waals surface area contributed by atoms with Gasteiger partial charge in [-0.05, 0) is 59.0 Å². The summed E-state index contributed by atoms with van der Waals surface area (Å²) in [6.45, 7) is 2.31. The highest BCUT2D eigenvalue weighted by atomic mass is 16.5. The van der Waals surface area contributed by atoms with E-state index in [1.54, 1.807) is 6.20 Å². The Morgan fingerprint density at radius 1 is 0.861 bits per heavy atom. The second-order valence-electron chi connectivity index (χ2n) is 8.74. The minimum Gasteiger partial charge on any atom is -0.448 e. The predicted molar refractivity (Wildman–Crippen MR) is 146 cm³/mol. The summed E-state index contributed by atoms with van der Waals surface area (Å²) < 4.78 is 5.53. The molecule has 1 heterocycles. The van der Waals surface area contributed by atoms with Crippen LogP contribution in [0.3, 0.4) is 0 Å². The number of fused-ring (bicyclic) bond motifs is 4. The van der Waals surface area contributed by atoms with Gasteiger partial charge in [-0.3, -0.25) is 10.3 Å². The highest BCUT2D eigenvalue weighted by Crippen LogP contribution is 2.44. The molecule has 3 N–H and O–H groups in total. The van der Waals surface area contributed by atoms with Crippen molar-refractivity contribution in [1.82, 2.24) is 4.98 Å². The van der Waals surface area contributed by atoms with Crippen LogP contribution in [0.25, 0.3) is 22.0 Å². The van der Waals surface area contributed by atoms with Crippen LogP contribution in [0.2, 0.25) is 0 Å². The van der Waals surface area contributed by atoms with E-state index in [2.05, 4.69) is 34.6 Å². The third-order valence-electron chi connectivity index (χ3n) is 6.27. The average molecular weight is 474 g/mol. The van der Waals surface area contributed by atoms with Crippen LogP contribution in [-0.4, -0.2) is 17.7 Å². The summed E-state index contributed by atoms with van der Waals surface area (Å²) in [5.41, 5.74) is 14.0. The molecule has 1 aromatic heterocycles. The lowest BCUT2D eigenvalue weighted by atomic mass is 9.98. The van der Waals surface area contributed by atoms with Gasteiger partial charge in [-0.15, -0.1) is 0 Å². The fourth-order valence-corrected chi connectivity index (χ4v) is 4.60. The lowest BCUT2D eigenvalue weighted by molar-refractivity contribution is 0.158. The molecule has 36 heavy (non-hydrogen) atoms. The van der Waals surface area contributed by atoms with Crippen molar-refractivity contribution in [3.05, 3.63) is 126 Å². The third kappa shape index (κ3) is 4.91. The molecule has 0 unspecified atom stereocenters. The van der Waals surface area contributed by atoms with Gasteiger partial charge in [-0.25, -0.2) is 4.79 Å². The Morgan fingerprint density at radius 2 is 1.53 bits per heavy atom. The van der Waals surface area contributed by atoms with Crippen molar-refractivity contribution in [3.63, 3.8) is 0 Å². The number of ether oxygens (including phenoxy) is 1. The van der Waals surface area contributed by atoms with Crippen molar-refractivity contribution in [2.45, 2.75) is 12.8 Å². The van der Waals surface area contributed by atoms with Gasteiger partial charge >= 0.3 is 6.09 Å². The number of nitrogen functional groups attached to an aromatic ring is 1. The molecular weight excluding hydrogens is 446 g/mol. The quantitative estimate of drug-likeness (QED) is 0.272. The van der Waals surface area contributed by atoms with Crippen molar-refractivity contribution < 1.29 is 9.53 Å². The molecule has 4 aromatic carbocycles. The van der Waals surface area contributed by atoms with Crippen LogP contribution in [0, 0.1) is 6.92 Å². The molecule has 1 aliphatic carbocycles. The Kier molecular flexibility index (Phi) is 6.63. The van der Waals surface area contributed by atoms with Gasteiger partial charge in [0, 0.05) is 23.2 Å². The van der Waals surface area contributed by atoms with Gasteiger partial charge in [-0.1, -0.05) is 78.9 Å². The van der Waals surface area contributed by atoms with Crippen LogP contribution in [0.1, 0.15) is 22.6 Å². The molecular formula is C31H27N3O2. The second kappa shape index (κ2) is 10.3. The first-order valence-corrected chi connectivity index (χ1v) is 11.9. The van der Waals surface area contributed by atoms with Gasteiger partial charge < -0.3 is 10.5 Å². The Hall–Kier alpha value is -4.64. The van der Waals surface area contributed by atoms with Gasteiger partial charge in [0.1, 0.15) is 6.61 Å². The number of carbonyl (C=O) groups is 1. The summed E-state index contributed by atoms with van der Waals surface area (Å²) in [7, 11) is 0. The van der Waals surface area contributed by atoms with Gasteiger partial charge in [0.2, 0.25) is 0 Å². The number of anilines is 2. The molecule has 0 aliphatic heterocycles. The van der Waals surface area contributed by atoms with Gasteiger partial charge in [0.05, 0.1) is 11.2 Å². The smallest absolute Gasteiger partial charge is 0.411 e. The number of nitrogens with zero attached hydrogens (tertiary/aromatic N) is 1. The lowest BCUT2D eigenvalue weighted by Crippen LogP contribution is -2.17. The number of benzene rings is 4. The van der Waals surface area contributed by atoms with Crippen LogP contribution in [0.15, 0.2) is 109 Å². The van der Waals surface area contributed by atoms with Crippen LogP contribution in [0.5, 0.6) is 0 Å². The molecule has 6 rings (SSSR count). The first-order valence-electron chi connectivity index (χ1n) is 11.9. The SMILES string of the molecule is Cc1cccc(NC(=O)OCC2c3ccccc3-c3ccccc32)c1.Nc1cccc2cccnc12. The number of nitrogens with two attached hydrogens (primary N) is 1. The fourth-order valence-electron chi connectivity index (χ4n) is 4.60. The van der Waals surface area contributed by atoms with Crippen molar-refractivity contribution in [2.75, 3.05) is 17.7 Å². The number of rotatable bonds is 3. The molecule has 1 amide bonds. The van der Waals surface area contributed by atoms with Gasteiger partial charge in [-0.2, -0.15) is 0 Å². The number of hydrogen-bond acceptors (Lipinski definition) is 4. The third-order valence-corrected chi connectivity index (χ3v) is 6.27. The summed E-state index contributed by atoms with van der Waals surface area (Å²) in [6, 6.07) is 34.0. The Bertz CT molecular complexity index is 1480. The minimum absolute atomic E-state index is 0.0793. The van der Waals surface area contributed by atoms with E-state index < -0.39 is 6.09 Å². The maximum Gasteiger partial charge on any atom is 0.411 e. The van der Waals surface area contributed by atoms with Crippen molar-refractivity contribution in [3.8, 4) is 11.1 Å². The number of aryl methyl sites for hydroxylation is 1. The molecule has 0 spiro atoms. The zero-order chi connectivity index (χ0) is 24.9. The number of amides is 1. The molecule has 5 nitrogen and oxygen atoms in total. The monoisotopic (exact) mass is 473 g/mol. The van der Waals surface area contributed by atoms with Gasteiger partial charge in [0.25, 0.3) is 0 Å². The molecule has 1 aliphatic rings. The molecule has 5 heteroatoms. The van der Waals surface area contributed by atoms with Crippen molar-refractivity contribution >= 4 is 28.4 Å². The Balaban J connectivity index is 0.000000202. The number of hydrogen-bond donors (Lipinski definition) is 2. The van der Waals surface area contributed by atoms with E-state index in [0.29, 0.717) is 6.61 Å².